The van der Waals surface area contributed by atoms with Crippen LogP contribution in [0.2, 0.25) is 0 Å². The number of ether oxygens (including phenoxy) is 1. The summed E-state index contributed by atoms with van der Waals surface area (Å²) in [5.74, 6) is -4.67. The molecule has 106 valence electrons. The monoisotopic (exact) mass is 277 g/mol. The number of hydrogen-bond donors (Lipinski definition) is 1. The molecular weight excluding hydrogens is 263 g/mol. The molecule has 19 heavy (non-hydrogen) atoms. The number of carbonyl (C=O) groups is 1. The molecule has 1 amide bonds. The fraction of sp³-hybridized carbons (Fsp3) is 0.455. The van der Waals surface area contributed by atoms with E-state index >= 15 is 0 Å². The molecule has 0 aliphatic rings. The molecule has 0 aliphatic heterocycles. The third-order valence-corrected chi connectivity index (χ3v) is 2.24. The Morgan fingerprint density at radius 2 is 2.11 bits per heavy atom. The molecule has 1 aromatic heterocycles. The molecule has 0 fully saturated rings. The Hall–Kier alpha value is -1.83. The first-order chi connectivity index (χ1) is 8.95. The van der Waals surface area contributed by atoms with E-state index in [0.717, 1.165) is 4.90 Å². The van der Waals surface area contributed by atoms with Crippen LogP contribution >= 0.6 is 0 Å². The van der Waals surface area contributed by atoms with Crippen molar-refractivity contribution in [2.45, 2.75) is 0 Å². The lowest BCUT2D eigenvalue weighted by atomic mass is 10.4. The van der Waals surface area contributed by atoms with Crippen LogP contribution in [0.25, 0.3) is 0 Å². The van der Waals surface area contributed by atoms with Gasteiger partial charge in [-0.2, -0.15) is 9.37 Å². The minimum absolute atomic E-state index is 0.237. The molecule has 1 heterocycles. The maximum Gasteiger partial charge on any atom is 0.251 e. The molecule has 8 heteroatoms. The summed E-state index contributed by atoms with van der Waals surface area (Å²) in [5, 5.41) is 2.51. The zero-order valence-electron chi connectivity index (χ0n) is 10.5. The summed E-state index contributed by atoms with van der Waals surface area (Å²) in [6, 6.07) is 0.386. The van der Waals surface area contributed by atoms with Gasteiger partial charge in [0, 0.05) is 26.8 Å². The van der Waals surface area contributed by atoms with E-state index in [2.05, 4.69) is 10.3 Å². The van der Waals surface area contributed by atoms with Gasteiger partial charge in [-0.3, -0.25) is 4.79 Å². The van der Waals surface area contributed by atoms with Crippen LogP contribution in [-0.2, 0) is 9.53 Å². The van der Waals surface area contributed by atoms with Crippen molar-refractivity contribution in [1.82, 2.24) is 10.3 Å². The number of rotatable bonds is 6. The van der Waals surface area contributed by atoms with Crippen LogP contribution in [0, 0.1) is 17.6 Å². The van der Waals surface area contributed by atoms with Gasteiger partial charge in [-0.25, -0.2) is 8.78 Å². The van der Waals surface area contributed by atoms with Gasteiger partial charge < -0.3 is 15.0 Å². The summed E-state index contributed by atoms with van der Waals surface area (Å²) in [7, 11) is 2.83. The van der Waals surface area contributed by atoms with Gasteiger partial charge >= 0.3 is 0 Å². The normalized spacial score (nSPS) is 10.4. The fourth-order valence-corrected chi connectivity index (χ4v) is 1.34. The molecule has 0 aromatic carbocycles. The van der Waals surface area contributed by atoms with Gasteiger partial charge in [-0.05, 0) is 0 Å². The molecule has 0 saturated heterocycles. The Morgan fingerprint density at radius 1 is 1.42 bits per heavy atom. The highest BCUT2D eigenvalue weighted by Gasteiger charge is 2.16. The quantitative estimate of drug-likeness (QED) is 0.614. The predicted octanol–water partition coefficient (Wildman–Crippen LogP) is 0.698. The summed E-state index contributed by atoms with van der Waals surface area (Å²) in [5.41, 5.74) is 0. The third-order valence-electron chi connectivity index (χ3n) is 2.24. The number of anilines is 1. The van der Waals surface area contributed by atoms with E-state index in [0.29, 0.717) is 19.2 Å². The minimum Gasteiger partial charge on any atom is -0.383 e. The van der Waals surface area contributed by atoms with E-state index in [-0.39, 0.29) is 6.54 Å². The zero-order valence-corrected chi connectivity index (χ0v) is 10.5. The second-order valence-corrected chi connectivity index (χ2v) is 3.77. The molecule has 0 unspecified atom stereocenters. The van der Waals surface area contributed by atoms with Crippen molar-refractivity contribution in [3.63, 3.8) is 0 Å². The standard InChI is InChI=1S/C11H14F3N3O2/c1-17(6-9(18)15-3-4-19-2)11-8(13)5-7(12)10(14)16-11/h5H,3-4,6H2,1-2H3,(H,15,18). The van der Waals surface area contributed by atoms with Gasteiger partial charge in [-0.15, -0.1) is 0 Å². The van der Waals surface area contributed by atoms with Crippen LogP contribution in [0.15, 0.2) is 6.07 Å². The summed E-state index contributed by atoms with van der Waals surface area (Å²) >= 11 is 0. The molecule has 0 radical (unpaired) electrons. The largest absolute Gasteiger partial charge is 0.383 e. The van der Waals surface area contributed by atoms with Crippen molar-refractivity contribution < 1.29 is 22.7 Å². The van der Waals surface area contributed by atoms with Crippen molar-refractivity contribution in [1.29, 1.82) is 0 Å². The van der Waals surface area contributed by atoms with Crippen molar-refractivity contribution >= 4 is 11.7 Å². The molecule has 0 atom stereocenters. The Labute approximate surface area is 108 Å². The lowest BCUT2D eigenvalue weighted by molar-refractivity contribution is -0.119. The number of nitrogens with one attached hydrogen (secondary N) is 1. The molecule has 0 spiro atoms. The van der Waals surface area contributed by atoms with Gasteiger partial charge in [0.25, 0.3) is 5.95 Å². The highest BCUT2D eigenvalue weighted by Crippen LogP contribution is 2.17. The highest BCUT2D eigenvalue weighted by atomic mass is 19.2. The molecule has 5 nitrogen and oxygen atoms in total. The molecule has 0 bridgehead atoms. The molecule has 1 N–H and O–H groups in total. The van der Waals surface area contributed by atoms with E-state index in [1.807, 2.05) is 0 Å². The SMILES string of the molecule is COCCNC(=O)CN(C)c1nc(F)c(F)cc1F. The number of amides is 1. The third kappa shape index (κ3) is 4.40. The number of pyridine rings is 1. The first kappa shape index (κ1) is 15.2. The summed E-state index contributed by atoms with van der Waals surface area (Å²) in [4.78, 5) is 15.6. The summed E-state index contributed by atoms with van der Waals surface area (Å²) < 4.78 is 43.7. The van der Waals surface area contributed by atoms with Gasteiger partial charge in [0.2, 0.25) is 5.91 Å². The van der Waals surface area contributed by atoms with Crippen LogP contribution in [0.3, 0.4) is 0 Å². The molecule has 0 aliphatic carbocycles. The Bertz CT molecular complexity index is 457. The van der Waals surface area contributed by atoms with Crippen LogP contribution in [0.1, 0.15) is 0 Å². The van der Waals surface area contributed by atoms with Crippen LogP contribution in [-0.4, -0.2) is 44.7 Å². The lowest BCUT2D eigenvalue weighted by Gasteiger charge is -2.18. The first-order valence-electron chi connectivity index (χ1n) is 5.44. The van der Waals surface area contributed by atoms with E-state index in [4.69, 9.17) is 4.74 Å². The highest BCUT2D eigenvalue weighted by molar-refractivity contribution is 5.80. The topological polar surface area (TPSA) is 54.5 Å². The molecule has 0 saturated carbocycles. The number of methoxy groups -OCH3 is 1. The van der Waals surface area contributed by atoms with E-state index in [1.165, 1.54) is 14.2 Å². The van der Waals surface area contributed by atoms with E-state index < -0.39 is 29.3 Å². The average molecular weight is 277 g/mol. The predicted molar refractivity (Wildman–Crippen MR) is 62.3 cm³/mol. The van der Waals surface area contributed by atoms with Crippen LogP contribution < -0.4 is 10.2 Å². The second-order valence-electron chi connectivity index (χ2n) is 3.77. The number of likely N-dealkylation sites (N-methyl/N-ethyl adjacent to an activating group) is 1. The number of nitrogens with zero attached hydrogens (tertiary/aromatic N) is 2. The first-order valence-corrected chi connectivity index (χ1v) is 5.44. The van der Waals surface area contributed by atoms with E-state index in [1.54, 1.807) is 0 Å². The molecular formula is C11H14F3N3O2. The number of hydrogen-bond acceptors (Lipinski definition) is 4. The lowest BCUT2D eigenvalue weighted by Crippen LogP contribution is -2.37. The van der Waals surface area contributed by atoms with Crippen LogP contribution in [0.4, 0.5) is 19.0 Å². The smallest absolute Gasteiger partial charge is 0.251 e. The Kier molecular flexibility index (Phi) is 5.56. The summed E-state index contributed by atoms with van der Waals surface area (Å²) in [6.45, 7) is 0.406. The minimum atomic E-state index is -1.41. The number of halogens is 3. The van der Waals surface area contributed by atoms with Crippen molar-refractivity contribution in [2.24, 2.45) is 0 Å². The van der Waals surface area contributed by atoms with Crippen LogP contribution in [0.5, 0.6) is 0 Å². The maximum atomic E-state index is 13.4. The Balaban J connectivity index is 2.65. The Morgan fingerprint density at radius 3 is 2.74 bits per heavy atom. The average Bonchev–Trinajstić information content (AvgIpc) is 2.34. The van der Waals surface area contributed by atoms with Gasteiger partial charge in [0.15, 0.2) is 17.5 Å². The van der Waals surface area contributed by atoms with Crippen molar-refractivity contribution in [3.05, 3.63) is 23.6 Å². The second kappa shape index (κ2) is 6.93. The van der Waals surface area contributed by atoms with E-state index in [9.17, 15) is 18.0 Å². The maximum absolute atomic E-state index is 13.4. The van der Waals surface area contributed by atoms with Crippen molar-refractivity contribution in [3.8, 4) is 0 Å². The van der Waals surface area contributed by atoms with Gasteiger partial charge in [0.1, 0.15) is 0 Å². The van der Waals surface area contributed by atoms with Crippen molar-refractivity contribution in [2.75, 3.05) is 38.8 Å². The molecule has 1 rings (SSSR count). The number of aromatic nitrogens is 1. The number of carbonyl (C=O) groups excluding carboxylic acids is 1. The molecule has 1 aromatic rings. The van der Waals surface area contributed by atoms with Gasteiger partial charge in [0.05, 0.1) is 13.2 Å². The fourth-order valence-electron chi connectivity index (χ4n) is 1.34. The zero-order chi connectivity index (χ0) is 14.4. The summed E-state index contributed by atoms with van der Waals surface area (Å²) in [6.07, 6.45) is 0. The van der Waals surface area contributed by atoms with Gasteiger partial charge in [-0.1, -0.05) is 0 Å².